The highest BCUT2D eigenvalue weighted by atomic mass is 35.5. The molecule has 1 atom stereocenters. The van der Waals surface area contributed by atoms with Gasteiger partial charge in [0, 0.05) is 51.5 Å². The number of likely N-dealkylation sites (N-methyl/N-ethyl adjacent to an activating group) is 1. The molecule has 114 valence electrons. The topological polar surface area (TPSA) is 59.6 Å². The molecule has 1 aromatic heterocycles. The van der Waals surface area contributed by atoms with Crippen LogP contribution in [-0.4, -0.2) is 77.9 Å². The number of pyridine rings is 1. The summed E-state index contributed by atoms with van der Waals surface area (Å²) in [5, 5.41) is 0.369. The molecule has 3 rings (SSSR count). The zero-order chi connectivity index (χ0) is 15.0. The van der Waals surface area contributed by atoms with Gasteiger partial charge in [-0.05, 0) is 13.1 Å². The van der Waals surface area contributed by atoms with Gasteiger partial charge < -0.3 is 14.8 Å². The van der Waals surface area contributed by atoms with Crippen molar-refractivity contribution in [1.82, 2.24) is 19.7 Å². The Balaban J connectivity index is 1.76. The number of H-pyrrole nitrogens is 1. The summed E-state index contributed by atoms with van der Waals surface area (Å²) in [6.07, 6.45) is 1.40. The fourth-order valence-electron chi connectivity index (χ4n) is 3.08. The Labute approximate surface area is 128 Å². The van der Waals surface area contributed by atoms with Gasteiger partial charge in [-0.2, -0.15) is 0 Å². The number of halogens is 1. The molecular weight excluding hydrogens is 292 g/mol. The first-order valence-electron chi connectivity index (χ1n) is 7.14. The van der Waals surface area contributed by atoms with E-state index in [4.69, 9.17) is 11.6 Å². The van der Waals surface area contributed by atoms with Crippen molar-refractivity contribution in [2.24, 2.45) is 0 Å². The quantitative estimate of drug-likeness (QED) is 0.799. The van der Waals surface area contributed by atoms with Crippen molar-refractivity contribution in [1.29, 1.82) is 0 Å². The monoisotopic (exact) mass is 310 g/mol. The lowest BCUT2D eigenvalue weighted by atomic mass is 10.1. The van der Waals surface area contributed by atoms with Crippen LogP contribution in [0.4, 0.5) is 0 Å². The fourth-order valence-corrected chi connectivity index (χ4v) is 3.25. The van der Waals surface area contributed by atoms with E-state index in [1.54, 1.807) is 4.90 Å². The molecule has 0 bridgehead atoms. The summed E-state index contributed by atoms with van der Waals surface area (Å²) in [4.78, 5) is 33.3. The lowest BCUT2D eigenvalue weighted by Gasteiger charge is -2.46. The van der Waals surface area contributed by atoms with Crippen molar-refractivity contribution < 1.29 is 4.79 Å². The molecule has 0 spiro atoms. The summed E-state index contributed by atoms with van der Waals surface area (Å²) in [6.45, 7) is 5.25. The van der Waals surface area contributed by atoms with Gasteiger partial charge >= 0.3 is 0 Å². The highest BCUT2D eigenvalue weighted by molar-refractivity contribution is 6.30. The Morgan fingerprint density at radius 3 is 2.86 bits per heavy atom. The Bertz CT molecular complexity index is 603. The summed E-state index contributed by atoms with van der Waals surface area (Å²) in [5.41, 5.74) is -0.257. The third-order valence-corrected chi connectivity index (χ3v) is 4.50. The van der Waals surface area contributed by atoms with E-state index in [0.29, 0.717) is 24.2 Å². The third kappa shape index (κ3) is 2.97. The molecule has 6 nitrogen and oxygen atoms in total. The van der Waals surface area contributed by atoms with Crippen LogP contribution >= 0.6 is 11.6 Å². The fraction of sp³-hybridized carbons (Fsp3) is 0.571. The van der Waals surface area contributed by atoms with E-state index in [1.807, 2.05) is 0 Å². The van der Waals surface area contributed by atoms with E-state index in [2.05, 4.69) is 21.8 Å². The smallest absolute Gasteiger partial charge is 0.260 e. The van der Waals surface area contributed by atoms with Gasteiger partial charge in [0.05, 0.1) is 5.02 Å². The molecule has 2 saturated heterocycles. The number of carbonyl (C=O) groups is 1. The van der Waals surface area contributed by atoms with Crippen molar-refractivity contribution in [3.8, 4) is 0 Å². The average molecular weight is 311 g/mol. The van der Waals surface area contributed by atoms with Crippen molar-refractivity contribution in [3.05, 3.63) is 33.2 Å². The first-order chi connectivity index (χ1) is 10.0. The SMILES string of the molecule is CN1CCN2CCN(C(=O)c3cc(Cl)c[nH]c3=O)C[C@@H]2C1. The molecule has 21 heavy (non-hydrogen) atoms. The van der Waals surface area contributed by atoms with E-state index in [0.717, 1.165) is 26.2 Å². The number of rotatable bonds is 1. The number of nitrogens with one attached hydrogen (secondary N) is 1. The van der Waals surface area contributed by atoms with E-state index < -0.39 is 0 Å². The number of aromatic amines is 1. The van der Waals surface area contributed by atoms with Crippen molar-refractivity contribution in [2.75, 3.05) is 46.3 Å². The average Bonchev–Trinajstić information content (AvgIpc) is 2.48. The van der Waals surface area contributed by atoms with Crippen LogP contribution in [-0.2, 0) is 0 Å². The lowest BCUT2D eigenvalue weighted by molar-refractivity contribution is 0.0189. The van der Waals surface area contributed by atoms with Gasteiger partial charge in [-0.25, -0.2) is 0 Å². The van der Waals surface area contributed by atoms with Crippen molar-refractivity contribution in [2.45, 2.75) is 6.04 Å². The number of nitrogens with zero attached hydrogens (tertiary/aromatic N) is 3. The molecule has 1 aromatic rings. The summed E-state index contributed by atoms with van der Waals surface area (Å²) in [6, 6.07) is 1.79. The van der Waals surface area contributed by atoms with Crippen molar-refractivity contribution in [3.63, 3.8) is 0 Å². The summed E-state index contributed by atoms with van der Waals surface area (Å²) in [7, 11) is 2.10. The maximum absolute atomic E-state index is 12.5. The molecule has 0 aromatic carbocycles. The van der Waals surface area contributed by atoms with Crippen LogP contribution in [0.25, 0.3) is 0 Å². The first-order valence-corrected chi connectivity index (χ1v) is 7.52. The van der Waals surface area contributed by atoms with Gasteiger partial charge in [-0.3, -0.25) is 14.5 Å². The predicted molar refractivity (Wildman–Crippen MR) is 80.8 cm³/mol. The molecule has 2 fully saturated rings. The van der Waals surface area contributed by atoms with E-state index in [1.165, 1.54) is 12.3 Å². The minimum atomic E-state index is -0.382. The number of amides is 1. The first kappa shape index (κ1) is 14.6. The van der Waals surface area contributed by atoms with Crippen LogP contribution in [0.5, 0.6) is 0 Å². The molecule has 0 radical (unpaired) electrons. The maximum Gasteiger partial charge on any atom is 0.260 e. The normalized spacial score (nSPS) is 23.9. The second-order valence-corrected chi connectivity index (χ2v) is 6.20. The third-order valence-electron chi connectivity index (χ3n) is 4.28. The van der Waals surface area contributed by atoms with Crippen LogP contribution in [0.2, 0.25) is 5.02 Å². The minimum Gasteiger partial charge on any atom is -0.336 e. The van der Waals surface area contributed by atoms with E-state index in [9.17, 15) is 9.59 Å². The largest absolute Gasteiger partial charge is 0.336 e. The standard InChI is InChI=1S/C14H19ClN4O2/c1-17-2-3-18-4-5-19(9-11(18)8-17)14(21)12-6-10(15)7-16-13(12)20/h6-7,11H,2-5,8-9H2,1H3,(H,16,20)/t11-/m0/s1. The maximum atomic E-state index is 12.5. The number of hydrogen-bond acceptors (Lipinski definition) is 4. The van der Waals surface area contributed by atoms with Crippen LogP contribution < -0.4 is 5.56 Å². The van der Waals surface area contributed by atoms with Crippen LogP contribution in [0.1, 0.15) is 10.4 Å². The Morgan fingerprint density at radius 1 is 1.29 bits per heavy atom. The Kier molecular flexibility index (Phi) is 4.01. The lowest BCUT2D eigenvalue weighted by Crippen LogP contribution is -2.62. The van der Waals surface area contributed by atoms with Gasteiger partial charge in [0.15, 0.2) is 0 Å². The molecule has 0 saturated carbocycles. The number of fused-ring (bicyclic) bond motifs is 1. The van der Waals surface area contributed by atoms with Gasteiger partial charge in [0.2, 0.25) is 0 Å². The van der Waals surface area contributed by atoms with Gasteiger partial charge in [0.1, 0.15) is 5.56 Å². The number of aromatic nitrogens is 1. The second-order valence-electron chi connectivity index (χ2n) is 5.76. The number of hydrogen-bond donors (Lipinski definition) is 1. The molecular formula is C14H19ClN4O2. The van der Waals surface area contributed by atoms with Gasteiger partial charge in [0.25, 0.3) is 11.5 Å². The number of carbonyl (C=O) groups excluding carboxylic acids is 1. The molecule has 7 heteroatoms. The Morgan fingerprint density at radius 2 is 2.05 bits per heavy atom. The second kappa shape index (κ2) is 5.79. The molecule has 1 N–H and O–H groups in total. The van der Waals surface area contributed by atoms with E-state index >= 15 is 0 Å². The number of piperazine rings is 2. The Hall–Kier alpha value is -1.37. The molecule has 2 aliphatic rings. The molecule has 1 amide bonds. The van der Waals surface area contributed by atoms with E-state index in [-0.39, 0.29) is 17.0 Å². The highest BCUT2D eigenvalue weighted by Gasteiger charge is 2.33. The summed E-state index contributed by atoms with van der Waals surface area (Å²) >= 11 is 5.87. The summed E-state index contributed by atoms with van der Waals surface area (Å²) < 4.78 is 0. The predicted octanol–water partition coefficient (Wildman–Crippen LogP) is 0.100. The highest BCUT2D eigenvalue weighted by Crippen LogP contribution is 2.16. The van der Waals surface area contributed by atoms with Crippen LogP contribution in [0.15, 0.2) is 17.1 Å². The zero-order valence-corrected chi connectivity index (χ0v) is 12.8. The molecule has 0 aliphatic carbocycles. The van der Waals surface area contributed by atoms with Gasteiger partial charge in [-0.15, -0.1) is 0 Å². The van der Waals surface area contributed by atoms with Crippen molar-refractivity contribution >= 4 is 17.5 Å². The van der Waals surface area contributed by atoms with Crippen LogP contribution in [0, 0.1) is 0 Å². The van der Waals surface area contributed by atoms with Gasteiger partial charge in [-0.1, -0.05) is 11.6 Å². The molecule has 2 aliphatic heterocycles. The van der Waals surface area contributed by atoms with Crippen LogP contribution in [0.3, 0.4) is 0 Å². The minimum absolute atomic E-state index is 0.125. The zero-order valence-electron chi connectivity index (χ0n) is 12.0. The summed E-state index contributed by atoms with van der Waals surface area (Å²) in [5.74, 6) is -0.230. The molecule has 3 heterocycles. The molecule has 0 unspecified atom stereocenters.